The Bertz CT molecular complexity index is 9920. The molecule has 0 aliphatic carbocycles. The molecule has 0 spiro atoms. The minimum Gasteiger partial charge on any atom is -0.361 e. The Labute approximate surface area is 668 Å². The highest BCUT2D eigenvalue weighted by atomic mass is 14.9. The third kappa shape index (κ3) is 7.86. The molecule has 0 fully saturated rings. The molecule has 22 heterocycles. The highest BCUT2D eigenvalue weighted by molar-refractivity contribution is 6.36. The first-order chi connectivity index (χ1) is 59.3. The molecule has 0 aliphatic rings. The lowest BCUT2D eigenvalue weighted by atomic mass is 10.0. The van der Waals surface area contributed by atoms with Crippen LogP contribution in [0.5, 0.6) is 0 Å². The first-order valence-corrected chi connectivity index (χ1v) is 40.2. The van der Waals surface area contributed by atoms with Gasteiger partial charge in [-0.1, -0.05) is 97.1 Å². The van der Waals surface area contributed by atoms with Crippen molar-refractivity contribution < 1.29 is 0 Å². The van der Waals surface area contributed by atoms with E-state index in [4.69, 9.17) is 59.8 Å². The summed E-state index contributed by atoms with van der Waals surface area (Å²) in [5, 5.41) is 24.7. The maximum Gasteiger partial charge on any atom is 0.0972 e. The van der Waals surface area contributed by atoms with Gasteiger partial charge in [-0.05, 0) is 146 Å². The van der Waals surface area contributed by atoms with Gasteiger partial charge in [0.2, 0.25) is 0 Å². The molecule has 0 atom stereocenters. The quantitative estimate of drug-likeness (QED) is 0.0776. The Morgan fingerprint density at radius 3 is 0.758 bits per heavy atom. The highest BCUT2D eigenvalue weighted by Crippen LogP contribution is 2.47. The lowest BCUT2D eigenvalue weighted by Crippen LogP contribution is -1.90. The zero-order valence-electron chi connectivity index (χ0n) is 62.6. The molecule has 0 aliphatic heterocycles. The van der Waals surface area contributed by atoms with Crippen molar-refractivity contribution in [3.8, 4) is 0 Å². The van der Waals surface area contributed by atoms with Crippen molar-refractivity contribution in [1.29, 1.82) is 0 Å². The number of pyridine rings is 8. The van der Waals surface area contributed by atoms with E-state index in [1.54, 1.807) is 0 Å². The molecule has 31 rings (SSSR count). The molecule has 546 valence electrons. The molecule has 9 aromatic carbocycles. The van der Waals surface area contributed by atoms with Gasteiger partial charge < -0.3 is 29.9 Å². The third-order valence-corrected chi connectivity index (χ3v) is 26.2. The summed E-state index contributed by atoms with van der Waals surface area (Å²) in [5.41, 5.74) is 27.9. The van der Waals surface area contributed by atoms with Gasteiger partial charge in [-0.2, -0.15) is 0 Å². The molecule has 120 heavy (non-hydrogen) atoms. The van der Waals surface area contributed by atoms with Gasteiger partial charge in [-0.3, -0.25) is 0 Å². The van der Waals surface area contributed by atoms with E-state index in [1.165, 1.54) is 0 Å². The predicted molar refractivity (Wildman–Crippen MR) is 491 cm³/mol. The summed E-state index contributed by atoms with van der Waals surface area (Å²) in [5.74, 6) is 0. The summed E-state index contributed by atoms with van der Waals surface area (Å²) in [6.07, 6.45) is 3.99. The number of aromatic amines is 6. The SMILES string of the molecule is c1cc2c(cc3cc4cc5cc6c([nH]5)c(c5ccc7ccc8ccc(nc8c7n5)c2c3n4)c2cc3cc4cc5c([nH]4)c(c4ccc7ccc8ccc(nc8c7n4)c6c2n3)c2cc3cc4cc6c([nH]4)c(c4ccc7ccc8ccc(nc8c7n4)c5c2n3)c2cc3cc4cc5cc7[nH]ccc7c(c7ccc8ccc9ccc(nc9c8n7)c6c2n3)c5[nH]4)[nH]1. The van der Waals surface area contributed by atoms with Crippen molar-refractivity contribution in [2.45, 2.75) is 0 Å². The normalized spacial score (nSPS) is 13.0. The molecule has 0 radical (unpaired) electrons. The molecule has 22 aromatic heterocycles. The van der Waals surface area contributed by atoms with Gasteiger partial charge in [0.25, 0.3) is 0 Å². The minimum absolute atomic E-state index is 0.733. The van der Waals surface area contributed by atoms with E-state index >= 15 is 0 Å². The van der Waals surface area contributed by atoms with Gasteiger partial charge in [0.1, 0.15) is 0 Å². The first-order valence-electron chi connectivity index (χ1n) is 40.2. The third-order valence-electron chi connectivity index (χ3n) is 26.2. The van der Waals surface area contributed by atoms with Crippen LogP contribution in [-0.4, -0.2) is 89.7 Å². The number of H-pyrrole nitrogens is 6. The number of rotatable bonds is 0. The minimum atomic E-state index is 0.733. The van der Waals surface area contributed by atoms with Crippen molar-refractivity contribution in [1.82, 2.24) is 89.7 Å². The maximum absolute atomic E-state index is 5.86. The van der Waals surface area contributed by atoms with Crippen LogP contribution in [-0.2, 0) is 0 Å². The Hall–Kier alpha value is -16.9. The standard InChI is InChI=1S/C102H48N18/c1-3-45-11-19-73-83-65-39-57-35-59-41-67-85-75-24-16-50-8-6-48-14-22-72(118-94(48)96(50)120-75)82-64-38-56-34-54-30-52-32-78-62(26-28-104-78)80(88(52)106-54)70-18-10-44-2-4-46-12-20-74(116-92(46)90(44)114-70)84(98(64)108-56)66-40-58(110-100(66)82)36-60-42-68(102(85)112-60)86(101(67)111-59)76-23-15-49-7-5-47-13-21-71(117-93(47)95(49)119-76)81(99(65)109-57)63-37-55(107-97(63)83)33-53-29-51-31-77-61(25-27-103-77)79(87(51)105-53)69-17-9-43(1)89(113-69)91(45)115-73/h1-42,103-105,108-109,112H. The Kier molecular flexibility index (Phi) is 10.6. The smallest absolute Gasteiger partial charge is 0.0972 e. The van der Waals surface area contributed by atoms with E-state index in [9.17, 15) is 0 Å². The molecule has 6 N–H and O–H groups in total. The van der Waals surface area contributed by atoms with E-state index < -0.39 is 0 Å². The van der Waals surface area contributed by atoms with Crippen LogP contribution in [0, 0.1) is 0 Å². The number of fused-ring (bicyclic) bond motifs is 34. The second-order valence-electron chi connectivity index (χ2n) is 32.8. The molecule has 18 nitrogen and oxygen atoms in total. The van der Waals surface area contributed by atoms with E-state index in [1.807, 2.05) is 12.4 Å². The fourth-order valence-corrected chi connectivity index (χ4v) is 21.0. The lowest BCUT2D eigenvalue weighted by Gasteiger charge is -2.09. The van der Waals surface area contributed by atoms with Gasteiger partial charge in [0.15, 0.2) is 0 Å². The Morgan fingerprint density at radius 1 is 0.158 bits per heavy atom. The number of nitrogens with zero attached hydrogens (tertiary/aromatic N) is 12. The topological polar surface area (TPSA) is 249 Å². The van der Waals surface area contributed by atoms with Gasteiger partial charge >= 0.3 is 0 Å². The molecule has 0 amide bonds. The van der Waals surface area contributed by atoms with Gasteiger partial charge in [0, 0.05) is 186 Å². The summed E-state index contributed by atoms with van der Waals surface area (Å²) < 4.78 is 0. The maximum atomic E-state index is 5.86. The summed E-state index contributed by atoms with van der Waals surface area (Å²) in [7, 11) is 0. The molecule has 32 bridgehead atoms. The van der Waals surface area contributed by atoms with Crippen LogP contribution in [0.3, 0.4) is 0 Å². The van der Waals surface area contributed by atoms with E-state index in [2.05, 4.69) is 273 Å². The number of benzene rings is 9. The van der Waals surface area contributed by atoms with Crippen LogP contribution in [0.1, 0.15) is 0 Å². The number of nitrogens with one attached hydrogen (secondary N) is 6. The second kappa shape index (κ2) is 21.0. The van der Waals surface area contributed by atoms with Crippen molar-refractivity contribution in [3.05, 3.63) is 255 Å². The number of aromatic nitrogens is 18. The highest BCUT2D eigenvalue weighted by Gasteiger charge is 2.26. The van der Waals surface area contributed by atoms with Crippen molar-refractivity contribution in [2.24, 2.45) is 0 Å². The second-order valence-corrected chi connectivity index (χ2v) is 32.8. The van der Waals surface area contributed by atoms with Crippen LogP contribution in [0.2, 0.25) is 0 Å². The zero-order chi connectivity index (χ0) is 77.1. The van der Waals surface area contributed by atoms with Crippen molar-refractivity contribution >= 4 is 328 Å². The molecule has 0 saturated heterocycles. The molecule has 18 heteroatoms. The summed E-state index contributed by atoms with van der Waals surface area (Å²) >= 11 is 0. The van der Waals surface area contributed by atoms with Crippen LogP contribution in [0.4, 0.5) is 0 Å². The van der Waals surface area contributed by atoms with Crippen molar-refractivity contribution in [3.63, 3.8) is 0 Å². The Morgan fingerprint density at radius 2 is 0.417 bits per heavy atom. The van der Waals surface area contributed by atoms with E-state index in [-0.39, 0.29) is 0 Å². The van der Waals surface area contributed by atoms with Gasteiger partial charge in [-0.25, -0.2) is 59.8 Å². The first kappa shape index (κ1) is 60.7. The summed E-state index contributed by atoms with van der Waals surface area (Å²) in [6, 6.07) is 86.7. The predicted octanol–water partition coefficient (Wildman–Crippen LogP) is 25.0. The molecular weight excluding hydrogens is 1480 g/mol. The van der Waals surface area contributed by atoms with Crippen LogP contribution >= 0.6 is 0 Å². The van der Waals surface area contributed by atoms with Crippen LogP contribution in [0.15, 0.2) is 255 Å². The average molecular weight is 1530 g/mol. The van der Waals surface area contributed by atoms with Gasteiger partial charge in [-0.15, -0.1) is 0 Å². The van der Waals surface area contributed by atoms with E-state index in [0.29, 0.717) is 0 Å². The fourth-order valence-electron chi connectivity index (χ4n) is 21.0. The zero-order valence-corrected chi connectivity index (χ0v) is 62.6. The van der Waals surface area contributed by atoms with Gasteiger partial charge in [0.05, 0.1) is 154 Å². The number of hydrogen-bond donors (Lipinski definition) is 6. The van der Waals surface area contributed by atoms with Crippen LogP contribution in [0.25, 0.3) is 328 Å². The average Bonchev–Trinajstić information content (AvgIpc) is 1.52. The summed E-state index contributed by atoms with van der Waals surface area (Å²) in [4.78, 5) is 91.7. The summed E-state index contributed by atoms with van der Waals surface area (Å²) in [6.45, 7) is 0. The van der Waals surface area contributed by atoms with E-state index in [0.717, 1.165) is 328 Å². The molecule has 0 unspecified atom stereocenters. The largest absolute Gasteiger partial charge is 0.361 e. The molecular formula is C102H48N18. The molecule has 0 saturated carbocycles. The Balaban J connectivity index is 0.727. The van der Waals surface area contributed by atoms with Crippen LogP contribution < -0.4 is 0 Å². The monoisotopic (exact) mass is 1520 g/mol. The number of hydrogen-bond acceptors (Lipinski definition) is 12. The molecule has 31 aromatic rings. The van der Waals surface area contributed by atoms with Crippen molar-refractivity contribution in [2.75, 3.05) is 0 Å². The lowest BCUT2D eigenvalue weighted by molar-refractivity contribution is 1.46. The fraction of sp³-hybridized carbons (Fsp3) is 0.